The highest BCUT2D eigenvalue weighted by atomic mass is 16.2. The third kappa shape index (κ3) is 5.72. The van der Waals surface area contributed by atoms with Gasteiger partial charge < -0.3 is 15.5 Å². The lowest BCUT2D eigenvalue weighted by atomic mass is 9.97. The van der Waals surface area contributed by atoms with E-state index in [-0.39, 0.29) is 6.03 Å². The van der Waals surface area contributed by atoms with E-state index in [2.05, 4.69) is 51.7 Å². The van der Waals surface area contributed by atoms with E-state index in [0.29, 0.717) is 12.5 Å². The second-order valence-electron chi connectivity index (χ2n) is 7.56. The first-order valence-corrected chi connectivity index (χ1v) is 9.70. The first kappa shape index (κ1) is 18.2. The normalized spacial score (nSPS) is 19.9. The van der Waals surface area contributed by atoms with Crippen molar-refractivity contribution in [3.63, 3.8) is 0 Å². The van der Waals surface area contributed by atoms with Crippen LogP contribution >= 0.6 is 0 Å². The summed E-state index contributed by atoms with van der Waals surface area (Å²) in [6, 6.07) is 8.42. The quantitative estimate of drug-likeness (QED) is 0.833. The molecule has 2 heterocycles. The Morgan fingerprint density at radius 3 is 2.44 bits per heavy atom. The van der Waals surface area contributed by atoms with Crippen molar-refractivity contribution in [3.05, 3.63) is 35.4 Å². The number of hydrogen-bond donors (Lipinski definition) is 2. The highest BCUT2D eigenvalue weighted by Crippen LogP contribution is 2.16. The molecule has 2 aliphatic rings. The Morgan fingerprint density at radius 1 is 1.04 bits per heavy atom. The van der Waals surface area contributed by atoms with E-state index in [4.69, 9.17) is 0 Å². The van der Waals surface area contributed by atoms with Crippen LogP contribution in [0.3, 0.4) is 0 Å². The first-order chi connectivity index (χ1) is 12.2. The number of carbonyl (C=O) groups excluding carboxylic acids is 1. The number of carbonyl (C=O) groups is 1. The van der Waals surface area contributed by atoms with Gasteiger partial charge in [-0.2, -0.15) is 0 Å². The lowest BCUT2D eigenvalue weighted by Crippen LogP contribution is -2.41. The van der Waals surface area contributed by atoms with Gasteiger partial charge in [0.2, 0.25) is 0 Å². The summed E-state index contributed by atoms with van der Waals surface area (Å²) in [5.74, 6) is 0.615. The van der Waals surface area contributed by atoms with Gasteiger partial charge in [0.15, 0.2) is 0 Å². The van der Waals surface area contributed by atoms with Crippen LogP contribution in [-0.4, -0.2) is 55.6 Å². The van der Waals surface area contributed by atoms with Crippen LogP contribution < -0.4 is 10.6 Å². The lowest BCUT2D eigenvalue weighted by molar-refractivity contribution is 0.210. The number of urea groups is 1. The summed E-state index contributed by atoms with van der Waals surface area (Å²) in [5.41, 5.74) is 2.56. The van der Waals surface area contributed by atoms with E-state index in [1.54, 1.807) is 0 Å². The molecular formula is C20H32N4O. The molecule has 0 bridgehead atoms. The molecule has 1 aromatic rings. The van der Waals surface area contributed by atoms with Gasteiger partial charge in [-0.25, -0.2) is 4.79 Å². The number of nitrogens with one attached hydrogen (secondary N) is 2. The summed E-state index contributed by atoms with van der Waals surface area (Å²) in [7, 11) is 2.16. The van der Waals surface area contributed by atoms with Crippen LogP contribution in [0.5, 0.6) is 0 Å². The topological polar surface area (TPSA) is 47.6 Å². The van der Waals surface area contributed by atoms with E-state index in [0.717, 1.165) is 26.2 Å². The van der Waals surface area contributed by atoms with Crippen molar-refractivity contribution in [2.24, 2.45) is 5.92 Å². The van der Waals surface area contributed by atoms with Gasteiger partial charge in [-0.05, 0) is 76.0 Å². The number of hydrogen-bond acceptors (Lipinski definition) is 3. The summed E-state index contributed by atoms with van der Waals surface area (Å²) in [6.45, 7) is 7.04. The molecule has 5 nitrogen and oxygen atoms in total. The summed E-state index contributed by atoms with van der Waals surface area (Å²) in [4.78, 5) is 17.0. The van der Waals surface area contributed by atoms with Gasteiger partial charge in [0, 0.05) is 19.6 Å². The number of likely N-dealkylation sites (tertiary alicyclic amines) is 2. The average Bonchev–Trinajstić information content (AvgIpc) is 3.13. The maximum Gasteiger partial charge on any atom is 0.315 e. The number of benzene rings is 1. The van der Waals surface area contributed by atoms with Gasteiger partial charge in [0.05, 0.1) is 0 Å². The fourth-order valence-electron chi connectivity index (χ4n) is 3.81. The molecule has 0 saturated carbocycles. The Hall–Kier alpha value is -1.59. The maximum atomic E-state index is 12.1. The Labute approximate surface area is 151 Å². The molecule has 0 atom stereocenters. The number of nitrogens with zero attached hydrogens (tertiary/aromatic N) is 2. The molecule has 0 aromatic heterocycles. The van der Waals surface area contributed by atoms with Crippen molar-refractivity contribution in [1.29, 1.82) is 0 Å². The largest absolute Gasteiger partial charge is 0.338 e. The second-order valence-corrected chi connectivity index (χ2v) is 7.56. The van der Waals surface area contributed by atoms with Crippen molar-refractivity contribution < 1.29 is 4.79 Å². The summed E-state index contributed by atoms with van der Waals surface area (Å²) >= 11 is 0. The van der Waals surface area contributed by atoms with Crippen molar-refractivity contribution in [2.75, 3.05) is 39.8 Å². The van der Waals surface area contributed by atoms with E-state index in [9.17, 15) is 4.79 Å². The van der Waals surface area contributed by atoms with Gasteiger partial charge >= 0.3 is 6.03 Å². The van der Waals surface area contributed by atoms with E-state index >= 15 is 0 Å². The van der Waals surface area contributed by atoms with Crippen molar-refractivity contribution in [3.8, 4) is 0 Å². The molecule has 3 rings (SSSR count). The molecule has 0 unspecified atom stereocenters. The van der Waals surface area contributed by atoms with Crippen molar-refractivity contribution in [2.45, 2.75) is 38.8 Å². The van der Waals surface area contributed by atoms with E-state index < -0.39 is 0 Å². The number of piperidine rings is 1. The maximum absolute atomic E-state index is 12.1. The zero-order valence-corrected chi connectivity index (χ0v) is 15.5. The monoisotopic (exact) mass is 344 g/mol. The molecule has 138 valence electrons. The van der Waals surface area contributed by atoms with E-state index in [1.165, 1.54) is 49.9 Å². The fraction of sp³-hybridized carbons (Fsp3) is 0.650. The van der Waals surface area contributed by atoms with Crippen LogP contribution in [0.1, 0.15) is 36.8 Å². The molecule has 2 fully saturated rings. The molecule has 25 heavy (non-hydrogen) atoms. The molecule has 0 radical (unpaired) electrons. The Bertz CT molecular complexity index is 548. The van der Waals surface area contributed by atoms with Crippen LogP contribution in [0.2, 0.25) is 0 Å². The summed E-state index contributed by atoms with van der Waals surface area (Å²) in [5, 5.41) is 6.08. The van der Waals surface area contributed by atoms with Crippen LogP contribution in [-0.2, 0) is 13.1 Å². The fourth-order valence-corrected chi connectivity index (χ4v) is 3.81. The molecule has 1 aromatic carbocycles. The summed E-state index contributed by atoms with van der Waals surface area (Å²) in [6.07, 6.45) is 4.96. The minimum Gasteiger partial charge on any atom is -0.338 e. The smallest absolute Gasteiger partial charge is 0.315 e. The minimum atomic E-state index is -0.0464. The molecule has 2 N–H and O–H groups in total. The minimum absolute atomic E-state index is 0.0464. The van der Waals surface area contributed by atoms with Crippen LogP contribution in [0.4, 0.5) is 4.79 Å². The molecule has 2 saturated heterocycles. The van der Waals surface area contributed by atoms with Gasteiger partial charge in [0.1, 0.15) is 0 Å². The molecule has 2 aliphatic heterocycles. The highest BCUT2D eigenvalue weighted by molar-refractivity contribution is 5.73. The molecule has 0 spiro atoms. The Morgan fingerprint density at radius 2 is 1.72 bits per heavy atom. The van der Waals surface area contributed by atoms with E-state index in [1.807, 2.05) is 0 Å². The SMILES string of the molecule is CN1CCC(CNC(=O)NCc2ccccc2CN2CCCC2)CC1. The molecule has 5 heteroatoms. The second kappa shape index (κ2) is 9.20. The number of amides is 2. The zero-order chi connectivity index (χ0) is 17.5. The van der Waals surface area contributed by atoms with Crippen LogP contribution in [0.25, 0.3) is 0 Å². The predicted octanol–water partition coefficient (Wildman–Crippen LogP) is 2.42. The zero-order valence-electron chi connectivity index (χ0n) is 15.5. The molecular weight excluding hydrogens is 312 g/mol. The Balaban J connectivity index is 1.42. The third-order valence-electron chi connectivity index (χ3n) is 5.54. The molecule has 0 aliphatic carbocycles. The third-order valence-corrected chi connectivity index (χ3v) is 5.54. The first-order valence-electron chi connectivity index (χ1n) is 9.70. The van der Waals surface area contributed by atoms with Crippen LogP contribution in [0.15, 0.2) is 24.3 Å². The molecule has 2 amide bonds. The lowest BCUT2D eigenvalue weighted by Gasteiger charge is -2.28. The number of rotatable bonds is 6. The average molecular weight is 345 g/mol. The van der Waals surface area contributed by atoms with Gasteiger partial charge in [-0.15, -0.1) is 0 Å². The van der Waals surface area contributed by atoms with Crippen molar-refractivity contribution in [1.82, 2.24) is 20.4 Å². The standard InChI is InChI=1S/C20H32N4O/c1-23-12-8-17(9-13-23)14-21-20(25)22-15-18-6-2-3-7-19(18)16-24-10-4-5-11-24/h2-3,6-7,17H,4-5,8-16H2,1H3,(H2,21,22,25). The van der Waals surface area contributed by atoms with Gasteiger partial charge in [0.25, 0.3) is 0 Å². The highest BCUT2D eigenvalue weighted by Gasteiger charge is 2.17. The van der Waals surface area contributed by atoms with Gasteiger partial charge in [-0.1, -0.05) is 24.3 Å². The van der Waals surface area contributed by atoms with Crippen molar-refractivity contribution >= 4 is 6.03 Å². The summed E-state index contributed by atoms with van der Waals surface area (Å²) < 4.78 is 0. The predicted molar refractivity (Wildman–Crippen MR) is 101 cm³/mol. The van der Waals surface area contributed by atoms with Crippen LogP contribution in [0, 0.1) is 5.92 Å². The van der Waals surface area contributed by atoms with Gasteiger partial charge in [-0.3, -0.25) is 4.90 Å². The Kier molecular flexibility index (Phi) is 6.70.